The second-order valence-electron chi connectivity index (χ2n) is 8.39. The molecule has 0 atom stereocenters. The molecule has 0 spiro atoms. The Kier molecular flexibility index (Phi) is 4.85. The van der Waals surface area contributed by atoms with Gasteiger partial charge in [0, 0.05) is 29.0 Å². The van der Waals surface area contributed by atoms with Crippen molar-refractivity contribution in [2.24, 2.45) is 4.99 Å². The summed E-state index contributed by atoms with van der Waals surface area (Å²) < 4.78 is 0. The summed E-state index contributed by atoms with van der Waals surface area (Å²) in [7, 11) is 0. The van der Waals surface area contributed by atoms with E-state index in [-0.39, 0.29) is 22.3 Å². The molecule has 0 bridgehead atoms. The summed E-state index contributed by atoms with van der Waals surface area (Å²) in [6.07, 6.45) is 1.56. The van der Waals surface area contributed by atoms with Crippen molar-refractivity contribution in [1.82, 2.24) is 0 Å². The van der Waals surface area contributed by atoms with Crippen molar-refractivity contribution in [2.75, 3.05) is 0 Å². The summed E-state index contributed by atoms with van der Waals surface area (Å²) in [4.78, 5) is 4.48. The zero-order valence-electron chi connectivity index (χ0n) is 15.8. The zero-order valence-corrected chi connectivity index (χ0v) is 15.8. The largest absolute Gasteiger partial charge is 0.508 e. The summed E-state index contributed by atoms with van der Waals surface area (Å²) in [5, 5.41) is 30.0. The Morgan fingerprint density at radius 1 is 0.800 bits per heavy atom. The van der Waals surface area contributed by atoms with E-state index in [9.17, 15) is 15.3 Å². The first-order chi connectivity index (χ1) is 11.4. The fourth-order valence-electron chi connectivity index (χ4n) is 2.62. The van der Waals surface area contributed by atoms with Crippen LogP contribution in [0.15, 0.2) is 35.3 Å². The molecule has 0 aliphatic carbocycles. The van der Waals surface area contributed by atoms with Crippen LogP contribution in [0.3, 0.4) is 0 Å². The maximum Gasteiger partial charge on any atom is 0.128 e. The van der Waals surface area contributed by atoms with Crippen LogP contribution in [0.25, 0.3) is 0 Å². The Labute approximate surface area is 149 Å². The van der Waals surface area contributed by atoms with Gasteiger partial charge in [-0.05, 0) is 35.1 Å². The standard InChI is InChI=1S/C21H27NO3/c1-20(2,3)16-9-14(10-17(19(16)25)21(4,5)6)22-12-13-7-8-15(23)11-18(13)24/h7-12,23-25H,1-6H3. The van der Waals surface area contributed by atoms with Crippen LogP contribution in [0.2, 0.25) is 0 Å². The maximum absolute atomic E-state index is 10.7. The van der Waals surface area contributed by atoms with Crippen molar-refractivity contribution in [1.29, 1.82) is 0 Å². The summed E-state index contributed by atoms with van der Waals surface area (Å²) in [5.74, 6) is 0.283. The van der Waals surface area contributed by atoms with Crippen LogP contribution in [0.1, 0.15) is 58.2 Å². The number of rotatable bonds is 2. The molecule has 0 aromatic heterocycles. The molecule has 2 aromatic carbocycles. The monoisotopic (exact) mass is 341 g/mol. The van der Waals surface area contributed by atoms with E-state index in [4.69, 9.17) is 0 Å². The highest BCUT2D eigenvalue weighted by Crippen LogP contribution is 2.41. The molecule has 0 radical (unpaired) electrons. The van der Waals surface area contributed by atoms with E-state index >= 15 is 0 Å². The van der Waals surface area contributed by atoms with Gasteiger partial charge in [-0.2, -0.15) is 0 Å². The Bertz CT molecular complexity index is 774. The number of phenolic OH excluding ortho intramolecular Hbond substituents is 3. The van der Waals surface area contributed by atoms with Crippen LogP contribution in [0.5, 0.6) is 17.2 Å². The molecule has 0 aliphatic rings. The van der Waals surface area contributed by atoms with E-state index in [0.717, 1.165) is 11.1 Å². The molecule has 0 saturated heterocycles. The Balaban J connectivity index is 2.56. The minimum atomic E-state index is -0.226. The lowest BCUT2D eigenvalue weighted by Crippen LogP contribution is -2.16. The normalized spacial score (nSPS) is 12.7. The van der Waals surface area contributed by atoms with Gasteiger partial charge >= 0.3 is 0 Å². The second-order valence-corrected chi connectivity index (χ2v) is 8.39. The van der Waals surface area contributed by atoms with Crippen LogP contribution in [0, 0.1) is 0 Å². The molecule has 0 unspecified atom stereocenters. The first kappa shape index (κ1) is 18.8. The first-order valence-corrected chi connectivity index (χ1v) is 8.33. The smallest absolute Gasteiger partial charge is 0.128 e. The van der Waals surface area contributed by atoms with E-state index in [1.54, 1.807) is 12.3 Å². The lowest BCUT2D eigenvalue weighted by Gasteiger charge is -2.27. The van der Waals surface area contributed by atoms with Gasteiger partial charge in [0.2, 0.25) is 0 Å². The molecule has 134 valence electrons. The number of benzene rings is 2. The van der Waals surface area contributed by atoms with Crippen molar-refractivity contribution in [3.8, 4) is 17.2 Å². The lowest BCUT2D eigenvalue weighted by atomic mass is 9.79. The third kappa shape index (κ3) is 4.32. The van der Waals surface area contributed by atoms with Gasteiger partial charge in [0.1, 0.15) is 17.2 Å². The minimum absolute atomic E-state index is 0.00400. The third-order valence-electron chi connectivity index (χ3n) is 4.08. The van der Waals surface area contributed by atoms with Crippen LogP contribution in [-0.2, 0) is 10.8 Å². The molecule has 0 amide bonds. The molecule has 3 N–H and O–H groups in total. The molecular weight excluding hydrogens is 314 g/mol. The fourth-order valence-corrected chi connectivity index (χ4v) is 2.62. The summed E-state index contributed by atoms with van der Waals surface area (Å²) in [5.41, 5.74) is 2.44. The van der Waals surface area contributed by atoms with Crippen LogP contribution in [-0.4, -0.2) is 21.5 Å². The summed E-state index contributed by atoms with van der Waals surface area (Å²) in [6.45, 7) is 12.3. The lowest BCUT2D eigenvalue weighted by molar-refractivity contribution is 0.423. The van der Waals surface area contributed by atoms with Crippen molar-refractivity contribution in [2.45, 2.75) is 52.4 Å². The number of aromatic hydroxyl groups is 3. The van der Waals surface area contributed by atoms with Crippen LogP contribution >= 0.6 is 0 Å². The average molecular weight is 341 g/mol. The van der Waals surface area contributed by atoms with Gasteiger partial charge in [-0.3, -0.25) is 4.99 Å². The predicted molar refractivity (Wildman–Crippen MR) is 103 cm³/mol. The number of hydrogen-bond acceptors (Lipinski definition) is 4. The fraction of sp³-hybridized carbons (Fsp3) is 0.381. The number of phenols is 3. The van der Waals surface area contributed by atoms with Gasteiger partial charge in [-0.1, -0.05) is 41.5 Å². The van der Waals surface area contributed by atoms with E-state index < -0.39 is 0 Å². The highest BCUT2D eigenvalue weighted by atomic mass is 16.3. The van der Waals surface area contributed by atoms with Gasteiger partial charge < -0.3 is 15.3 Å². The Morgan fingerprint density at radius 3 is 1.76 bits per heavy atom. The summed E-state index contributed by atoms with van der Waals surface area (Å²) >= 11 is 0. The number of aliphatic imine (C=N–C) groups is 1. The zero-order chi connectivity index (χ0) is 19.0. The van der Waals surface area contributed by atoms with Gasteiger partial charge in [0.25, 0.3) is 0 Å². The van der Waals surface area contributed by atoms with Crippen molar-refractivity contribution >= 4 is 11.9 Å². The van der Waals surface area contributed by atoms with Crippen molar-refractivity contribution < 1.29 is 15.3 Å². The van der Waals surface area contributed by atoms with Gasteiger partial charge in [0.05, 0.1) is 5.69 Å². The summed E-state index contributed by atoms with van der Waals surface area (Å²) in [6, 6.07) is 8.12. The molecule has 4 nitrogen and oxygen atoms in total. The van der Waals surface area contributed by atoms with Gasteiger partial charge in [-0.25, -0.2) is 0 Å². The molecule has 0 saturated carbocycles. The second kappa shape index (κ2) is 6.43. The SMILES string of the molecule is CC(C)(C)c1cc(N=Cc2ccc(O)cc2O)cc(C(C)(C)C)c1O. The van der Waals surface area contributed by atoms with Crippen LogP contribution < -0.4 is 0 Å². The number of hydrogen-bond donors (Lipinski definition) is 3. The minimum Gasteiger partial charge on any atom is -0.508 e. The Morgan fingerprint density at radius 2 is 1.32 bits per heavy atom. The maximum atomic E-state index is 10.7. The highest BCUT2D eigenvalue weighted by Gasteiger charge is 2.26. The van der Waals surface area contributed by atoms with E-state index in [2.05, 4.69) is 4.99 Å². The quantitative estimate of drug-likeness (QED) is 0.661. The van der Waals surface area contributed by atoms with E-state index in [0.29, 0.717) is 17.0 Å². The molecule has 0 fully saturated rings. The molecule has 25 heavy (non-hydrogen) atoms. The topological polar surface area (TPSA) is 73.1 Å². The van der Waals surface area contributed by atoms with E-state index in [1.807, 2.05) is 53.7 Å². The highest BCUT2D eigenvalue weighted by molar-refractivity contribution is 5.85. The van der Waals surface area contributed by atoms with Gasteiger partial charge in [0.15, 0.2) is 0 Å². The molecule has 2 rings (SSSR count). The van der Waals surface area contributed by atoms with Crippen LogP contribution in [0.4, 0.5) is 5.69 Å². The third-order valence-corrected chi connectivity index (χ3v) is 4.08. The van der Waals surface area contributed by atoms with Gasteiger partial charge in [-0.15, -0.1) is 0 Å². The van der Waals surface area contributed by atoms with Crippen molar-refractivity contribution in [3.63, 3.8) is 0 Å². The number of nitrogens with zero attached hydrogens (tertiary/aromatic N) is 1. The van der Waals surface area contributed by atoms with E-state index in [1.165, 1.54) is 12.1 Å². The molecule has 2 aromatic rings. The van der Waals surface area contributed by atoms with Crippen molar-refractivity contribution in [3.05, 3.63) is 47.0 Å². The first-order valence-electron chi connectivity index (χ1n) is 8.33. The molecule has 0 aliphatic heterocycles. The predicted octanol–water partition coefficient (Wildman–Crippen LogP) is 5.15. The molecule has 4 heteroatoms. The average Bonchev–Trinajstić information content (AvgIpc) is 2.45. The Hall–Kier alpha value is -2.49. The molecular formula is C21H27NO3. The molecule has 0 heterocycles.